The van der Waals surface area contributed by atoms with Gasteiger partial charge in [0, 0.05) is 25.8 Å². The van der Waals surface area contributed by atoms with Gasteiger partial charge < -0.3 is 15.7 Å². The third kappa shape index (κ3) is 2.32. The van der Waals surface area contributed by atoms with Crippen LogP contribution in [0, 0.1) is 0 Å². The number of nitrogen functional groups attached to an aromatic ring is 1. The highest BCUT2D eigenvalue weighted by atomic mass is 16.3. The number of aryl methyl sites for hydroxylation is 2. The van der Waals surface area contributed by atoms with Crippen LogP contribution >= 0.6 is 0 Å². The maximum Gasteiger partial charge on any atom is 0.278 e. The van der Waals surface area contributed by atoms with Crippen molar-refractivity contribution in [3.63, 3.8) is 0 Å². The molecule has 0 aliphatic carbocycles. The van der Waals surface area contributed by atoms with E-state index >= 15 is 0 Å². The number of phenols is 1. The second kappa shape index (κ2) is 5.24. The van der Waals surface area contributed by atoms with Crippen molar-refractivity contribution in [3.8, 4) is 5.75 Å². The molecule has 6 heteroatoms. The van der Waals surface area contributed by atoms with Gasteiger partial charge in [0.1, 0.15) is 11.4 Å². The Balaban J connectivity index is 2.39. The summed E-state index contributed by atoms with van der Waals surface area (Å²) in [6.07, 6.45) is 0.669. The van der Waals surface area contributed by atoms with Crippen molar-refractivity contribution >= 4 is 17.3 Å². The number of carbonyl (C=O) groups is 1. The number of amides is 1. The smallest absolute Gasteiger partial charge is 0.278 e. The minimum absolute atomic E-state index is 0.106. The van der Waals surface area contributed by atoms with E-state index in [0.29, 0.717) is 29.2 Å². The van der Waals surface area contributed by atoms with E-state index in [0.717, 1.165) is 0 Å². The minimum Gasteiger partial charge on any atom is -0.508 e. The second-order valence-corrected chi connectivity index (χ2v) is 4.57. The van der Waals surface area contributed by atoms with Gasteiger partial charge >= 0.3 is 0 Å². The molecule has 2 aromatic rings. The van der Waals surface area contributed by atoms with Crippen LogP contribution in [-0.4, -0.2) is 27.8 Å². The molecule has 0 spiro atoms. The summed E-state index contributed by atoms with van der Waals surface area (Å²) in [7, 11) is 3.33. The minimum atomic E-state index is -0.261. The van der Waals surface area contributed by atoms with Gasteiger partial charge in [-0.1, -0.05) is 13.0 Å². The van der Waals surface area contributed by atoms with Crippen molar-refractivity contribution in [3.05, 3.63) is 35.7 Å². The van der Waals surface area contributed by atoms with Gasteiger partial charge in [0.05, 0.1) is 11.4 Å². The molecule has 0 radical (unpaired) electrons. The highest BCUT2D eigenvalue weighted by molar-refractivity contribution is 6.08. The number of aromatic hydroxyl groups is 1. The van der Waals surface area contributed by atoms with Crippen LogP contribution in [-0.2, 0) is 13.5 Å². The van der Waals surface area contributed by atoms with E-state index in [-0.39, 0.29) is 11.7 Å². The number of anilines is 2. The van der Waals surface area contributed by atoms with Gasteiger partial charge in [0.25, 0.3) is 5.91 Å². The predicted octanol–water partition coefficient (Wildman–Crippen LogP) is 1.55. The highest BCUT2D eigenvalue weighted by Gasteiger charge is 2.23. The lowest BCUT2D eigenvalue weighted by atomic mass is 10.2. The topological polar surface area (TPSA) is 84.4 Å². The number of benzene rings is 1. The molecule has 3 N–H and O–H groups in total. The van der Waals surface area contributed by atoms with E-state index in [1.165, 1.54) is 15.6 Å². The maximum atomic E-state index is 12.5. The van der Waals surface area contributed by atoms with Crippen LogP contribution in [0.2, 0.25) is 0 Å². The fourth-order valence-corrected chi connectivity index (χ4v) is 2.09. The molecule has 0 atom stereocenters. The number of rotatable bonds is 3. The summed E-state index contributed by atoms with van der Waals surface area (Å²) in [5, 5.41) is 13.7. The van der Waals surface area contributed by atoms with Crippen LogP contribution in [0.3, 0.4) is 0 Å². The van der Waals surface area contributed by atoms with Gasteiger partial charge in [-0.25, -0.2) is 0 Å². The van der Waals surface area contributed by atoms with Gasteiger partial charge in [0.15, 0.2) is 0 Å². The van der Waals surface area contributed by atoms with Crippen molar-refractivity contribution < 1.29 is 9.90 Å². The van der Waals surface area contributed by atoms with E-state index in [1.54, 1.807) is 32.3 Å². The normalized spacial score (nSPS) is 10.6. The molecule has 2 rings (SSSR count). The lowest BCUT2D eigenvalue weighted by Crippen LogP contribution is -2.28. The highest BCUT2D eigenvalue weighted by Crippen LogP contribution is 2.23. The van der Waals surface area contributed by atoms with Crippen LogP contribution in [0.1, 0.15) is 23.1 Å². The Morgan fingerprint density at radius 1 is 1.50 bits per heavy atom. The number of nitrogens with zero attached hydrogens (tertiary/aromatic N) is 3. The molecular weight excluding hydrogens is 256 g/mol. The Morgan fingerprint density at radius 3 is 2.75 bits per heavy atom. The number of hydrogen-bond acceptors (Lipinski definition) is 4. The summed E-state index contributed by atoms with van der Waals surface area (Å²) in [6, 6.07) is 6.49. The lowest BCUT2D eigenvalue weighted by molar-refractivity contribution is 0.0985. The van der Waals surface area contributed by atoms with Crippen molar-refractivity contribution in [1.29, 1.82) is 0 Å². The quantitative estimate of drug-likeness (QED) is 0.889. The Hall–Kier alpha value is -2.50. The van der Waals surface area contributed by atoms with Crippen molar-refractivity contribution in [2.45, 2.75) is 13.3 Å². The van der Waals surface area contributed by atoms with Crippen LogP contribution in [0.5, 0.6) is 5.75 Å². The summed E-state index contributed by atoms with van der Waals surface area (Å²) in [4.78, 5) is 14.0. The Kier molecular flexibility index (Phi) is 3.65. The number of nitrogens with two attached hydrogens (primary N) is 1. The Labute approximate surface area is 117 Å². The molecule has 0 saturated heterocycles. The SMILES string of the molecule is CCc1nn(C)c(C(=O)N(C)c2cccc(O)c2)c1N. The summed E-state index contributed by atoms with van der Waals surface area (Å²) in [5.74, 6) is -0.155. The molecule has 0 fully saturated rings. The molecule has 20 heavy (non-hydrogen) atoms. The van der Waals surface area contributed by atoms with Crippen LogP contribution in [0.25, 0.3) is 0 Å². The average Bonchev–Trinajstić information content (AvgIpc) is 2.71. The molecule has 0 bridgehead atoms. The van der Waals surface area contributed by atoms with Gasteiger partial charge in [-0.15, -0.1) is 0 Å². The lowest BCUT2D eigenvalue weighted by Gasteiger charge is -2.17. The molecular formula is C14H18N4O2. The number of hydrogen-bond donors (Lipinski definition) is 2. The third-order valence-electron chi connectivity index (χ3n) is 3.22. The van der Waals surface area contributed by atoms with Gasteiger partial charge in [-0.3, -0.25) is 9.48 Å². The van der Waals surface area contributed by atoms with Crippen LogP contribution < -0.4 is 10.6 Å². The summed E-state index contributed by atoms with van der Waals surface area (Å²) < 4.78 is 1.50. The molecule has 1 amide bonds. The van der Waals surface area contributed by atoms with E-state index in [9.17, 15) is 9.90 Å². The zero-order valence-electron chi connectivity index (χ0n) is 11.8. The number of aromatic nitrogens is 2. The molecule has 106 valence electrons. The molecule has 1 aromatic heterocycles. The van der Waals surface area contributed by atoms with E-state index in [2.05, 4.69) is 5.10 Å². The van der Waals surface area contributed by atoms with Crippen LogP contribution in [0.15, 0.2) is 24.3 Å². The van der Waals surface area contributed by atoms with Gasteiger partial charge in [-0.2, -0.15) is 5.10 Å². The molecule has 1 aromatic carbocycles. The fourth-order valence-electron chi connectivity index (χ4n) is 2.09. The first kappa shape index (κ1) is 13.9. The van der Waals surface area contributed by atoms with E-state index < -0.39 is 0 Å². The van der Waals surface area contributed by atoms with Crippen molar-refractivity contribution in [1.82, 2.24) is 9.78 Å². The average molecular weight is 274 g/mol. The molecule has 0 unspecified atom stereocenters. The molecule has 0 aliphatic heterocycles. The fraction of sp³-hybridized carbons (Fsp3) is 0.286. The number of phenolic OH excluding ortho intramolecular Hbond substituents is 1. The second-order valence-electron chi connectivity index (χ2n) is 4.57. The Morgan fingerprint density at radius 2 is 2.20 bits per heavy atom. The van der Waals surface area contributed by atoms with Gasteiger partial charge in [-0.05, 0) is 18.6 Å². The molecule has 0 saturated carbocycles. The summed E-state index contributed by atoms with van der Waals surface area (Å²) in [5.41, 5.74) is 8.04. The standard InChI is InChI=1S/C14H18N4O2/c1-4-11-12(15)13(18(3)16-11)14(20)17(2)9-6-5-7-10(19)8-9/h5-8,19H,4,15H2,1-3H3. The maximum absolute atomic E-state index is 12.5. The Bertz CT molecular complexity index is 649. The van der Waals surface area contributed by atoms with Crippen molar-refractivity contribution in [2.24, 2.45) is 7.05 Å². The summed E-state index contributed by atoms with van der Waals surface area (Å²) >= 11 is 0. The van der Waals surface area contributed by atoms with E-state index in [4.69, 9.17) is 5.73 Å². The molecule has 1 heterocycles. The number of carbonyl (C=O) groups excluding carboxylic acids is 1. The first-order chi connectivity index (χ1) is 9.45. The largest absolute Gasteiger partial charge is 0.508 e. The first-order valence-electron chi connectivity index (χ1n) is 6.34. The van der Waals surface area contributed by atoms with Gasteiger partial charge in [0.2, 0.25) is 0 Å². The third-order valence-corrected chi connectivity index (χ3v) is 3.22. The molecule has 6 nitrogen and oxygen atoms in total. The monoisotopic (exact) mass is 274 g/mol. The zero-order valence-corrected chi connectivity index (χ0v) is 11.8. The first-order valence-corrected chi connectivity index (χ1v) is 6.34. The summed E-state index contributed by atoms with van der Waals surface area (Å²) in [6.45, 7) is 1.94. The van der Waals surface area contributed by atoms with E-state index in [1.807, 2.05) is 6.92 Å². The zero-order chi connectivity index (χ0) is 14.9. The predicted molar refractivity (Wildman–Crippen MR) is 77.8 cm³/mol. The molecule has 0 aliphatic rings. The van der Waals surface area contributed by atoms with Crippen molar-refractivity contribution in [2.75, 3.05) is 17.7 Å². The van der Waals surface area contributed by atoms with Crippen LogP contribution in [0.4, 0.5) is 11.4 Å².